The number of nitrogens with two attached hydrogens (primary N) is 1. The minimum absolute atomic E-state index is 0.0546. The van der Waals surface area contributed by atoms with Crippen LogP contribution < -0.4 is 11.1 Å². The molecule has 0 aromatic carbocycles. The fourth-order valence-electron chi connectivity index (χ4n) is 1.41. The van der Waals surface area contributed by atoms with Crippen LogP contribution in [-0.2, 0) is 11.3 Å². The number of aromatic nitrogens is 4. The van der Waals surface area contributed by atoms with Crippen molar-refractivity contribution < 1.29 is 4.79 Å². The zero-order valence-corrected chi connectivity index (χ0v) is 12.9. The van der Waals surface area contributed by atoms with Gasteiger partial charge < -0.3 is 11.1 Å². The SMILES string of the molecule is CC(C)n1cc(CNC(=O)CSc2nnc(N)s2)cn1. The Bertz CT molecular complexity index is 579. The van der Waals surface area contributed by atoms with Crippen molar-refractivity contribution in [3.8, 4) is 0 Å². The first kappa shape index (κ1) is 14.8. The van der Waals surface area contributed by atoms with Crippen LogP contribution in [0, 0.1) is 0 Å². The molecule has 0 spiro atoms. The first-order chi connectivity index (χ1) is 9.54. The summed E-state index contributed by atoms with van der Waals surface area (Å²) in [6, 6.07) is 0.317. The van der Waals surface area contributed by atoms with Crippen LogP contribution in [0.3, 0.4) is 0 Å². The maximum absolute atomic E-state index is 11.7. The molecular formula is C11H16N6OS2. The molecule has 0 aliphatic carbocycles. The Morgan fingerprint density at radius 3 is 2.95 bits per heavy atom. The highest BCUT2D eigenvalue weighted by Gasteiger charge is 2.07. The Hall–Kier alpha value is -1.61. The number of nitrogens with one attached hydrogen (secondary N) is 1. The van der Waals surface area contributed by atoms with Gasteiger partial charge in [-0.3, -0.25) is 9.48 Å². The van der Waals surface area contributed by atoms with Gasteiger partial charge in [0.1, 0.15) is 0 Å². The highest BCUT2D eigenvalue weighted by Crippen LogP contribution is 2.22. The van der Waals surface area contributed by atoms with E-state index >= 15 is 0 Å². The monoisotopic (exact) mass is 312 g/mol. The molecule has 2 rings (SSSR count). The first-order valence-corrected chi connectivity index (χ1v) is 7.86. The molecule has 108 valence electrons. The number of rotatable bonds is 6. The number of anilines is 1. The zero-order chi connectivity index (χ0) is 14.5. The first-order valence-electron chi connectivity index (χ1n) is 6.06. The van der Waals surface area contributed by atoms with Crippen molar-refractivity contribution in [2.45, 2.75) is 30.8 Å². The number of carbonyl (C=O) groups is 1. The number of thioether (sulfide) groups is 1. The second-order valence-electron chi connectivity index (χ2n) is 4.39. The predicted octanol–water partition coefficient (Wildman–Crippen LogP) is 1.31. The van der Waals surface area contributed by atoms with Crippen molar-refractivity contribution >= 4 is 34.1 Å². The van der Waals surface area contributed by atoms with Gasteiger partial charge in [-0.2, -0.15) is 5.10 Å². The Morgan fingerprint density at radius 1 is 1.55 bits per heavy atom. The molecule has 0 fully saturated rings. The molecule has 9 heteroatoms. The summed E-state index contributed by atoms with van der Waals surface area (Å²) in [6.45, 7) is 4.59. The van der Waals surface area contributed by atoms with Crippen LogP contribution in [0.4, 0.5) is 5.13 Å². The molecule has 3 N–H and O–H groups in total. The summed E-state index contributed by atoms with van der Waals surface area (Å²) in [5.41, 5.74) is 6.45. The molecule has 0 aliphatic rings. The molecule has 7 nitrogen and oxygen atoms in total. The summed E-state index contributed by atoms with van der Waals surface area (Å²) in [7, 11) is 0. The van der Waals surface area contributed by atoms with Crippen molar-refractivity contribution in [3.63, 3.8) is 0 Å². The Morgan fingerprint density at radius 2 is 2.35 bits per heavy atom. The number of hydrogen-bond acceptors (Lipinski definition) is 7. The summed E-state index contributed by atoms with van der Waals surface area (Å²) in [6.07, 6.45) is 3.70. The van der Waals surface area contributed by atoms with Gasteiger partial charge in [0.2, 0.25) is 11.0 Å². The van der Waals surface area contributed by atoms with E-state index in [9.17, 15) is 4.79 Å². The highest BCUT2D eigenvalue weighted by atomic mass is 32.2. The quantitative estimate of drug-likeness (QED) is 0.780. The molecule has 2 aromatic heterocycles. The third-order valence-corrected chi connectivity index (χ3v) is 4.31. The predicted molar refractivity (Wildman–Crippen MR) is 79.5 cm³/mol. The summed E-state index contributed by atoms with van der Waals surface area (Å²) in [5.74, 6) is 0.244. The fourth-order valence-corrected chi connectivity index (χ4v) is 2.87. The van der Waals surface area contributed by atoms with Crippen LogP contribution in [0.1, 0.15) is 25.5 Å². The molecule has 0 aliphatic heterocycles. The number of nitrogens with zero attached hydrogens (tertiary/aromatic N) is 4. The zero-order valence-electron chi connectivity index (χ0n) is 11.2. The summed E-state index contributed by atoms with van der Waals surface area (Å²) < 4.78 is 2.56. The lowest BCUT2D eigenvalue weighted by Crippen LogP contribution is -2.24. The van der Waals surface area contributed by atoms with Crippen molar-refractivity contribution in [1.29, 1.82) is 0 Å². The molecule has 0 saturated carbocycles. The highest BCUT2D eigenvalue weighted by molar-refractivity contribution is 8.01. The Balaban J connectivity index is 1.74. The average Bonchev–Trinajstić information content (AvgIpc) is 3.03. The van der Waals surface area contributed by atoms with E-state index in [1.165, 1.54) is 23.1 Å². The van der Waals surface area contributed by atoms with Gasteiger partial charge >= 0.3 is 0 Å². The van der Waals surface area contributed by atoms with Crippen LogP contribution >= 0.6 is 23.1 Å². The van der Waals surface area contributed by atoms with Gasteiger partial charge in [-0.25, -0.2) is 0 Å². The lowest BCUT2D eigenvalue weighted by molar-refractivity contribution is -0.118. The second kappa shape index (κ2) is 6.71. The maximum atomic E-state index is 11.7. The van der Waals surface area contributed by atoms with E-state index in [0.717, 1.165) is 5.56 Å². The molecule has 0 radical (unpaired) electrons. The number of carbonyl (C=O) groups excluding carboxylic acids is 1. The summed E-state index contributed by atoms with van der Waals surface area (Å²) >= 11 is 2.60. The molecule has 1 amide bonds. The van der Waals surface area contributed by atoms with Gasteiger partial charge in [0.15, 0.2) is 4.34 Å². The van der Waals surface area contributed by atoms with Crippen LogP contribution in [0.25, 0.3) is 0 Å². The molecule has 2 heterocycles. The summed E-state index contributed by atoms with van der Waals surface area (Å²) in [5, 5.41) is 15.0. The number of nitrogen functional groups attached to an aromatic ring is 1. The molecular weight excluding hydrogens is 296 g/mol. The Labute approximate surface area is 125 Å². The van der Waals surface area contributed by atoms with E-state index in [1.54, 1.807) is 6.20 Å². The fraction of sp³-hybridized carbons (Fsp3) is 0.455. The number of hydrogen-bond donors (Lipinski definition) is 2. The molecule has 20 heavy (non-hydrogen) atoms. The van der Waals surface area contributed by atoms with Gasteiger partial charge in [0, 0.05) is 24.3 Å². The molecule has 0 atom stereocenters. The van der Waals surface area contributed by atoms with Crippen molar-refractivity contribution in [2.75, 3.05) is 11.5 Å². The van der Waals surface area contributed by atoms with Crippen molar-refractivity contribution in [2.24, 2.45) is 0 Å². The van der Waals surface area contributed by atoms with Crippen LogP contribution in [0.5, 0.6) is 0 Å². The van der Waals surface area contributed by atoms with E-state index in [0.29, 0.717) is 27.8 Å². The second-order valence-corrected chi connectivity index (χ2v) is 6.63. The van der Waals surface area contributed by atoms with Gasteiger partial charge in [0.25, 0.3) is 0 Å². The van der Waals surface area contributed by atoms with E-state index in [1.807, 2.05) is 10.9 Å². The lowest BCUT2D eigenvalue weighted by Gasteiger charge is -2.04. The maximum Gasteiger partial charge on any atom is 0.230 e. The number of amides is 1. The van der Waals surface area contributed by atoms with Crippen LogP contribution in [-0.4, -0.2) is 31.6 Å². The minimum Gasteiger partial charge on any atom is -0.374 e. The van der Waals surface area contributed by atoms with E-state index in [-0.39, 0.29) is 5.91 Å². The van der Waals surface area contributed by atoms with Gasteiger partial charge in [-0.05, 0) is 13.8 Å². The topological polar surface area (TPSA) is 98.7 Å². The van der Waals surface area contributed by atoms with Gasteiger partial charge in [-0.15, -0.1) is 10.2 Å². The third-order valence-electron chi connectivity index (χ3n) is 2.42. The largest absolute Gasteiger partial charge is 0.374 e. The lowest BCUT2D eigenvalue weighted by atomic mass is 10.3. The van der Waals surface area contributed by atoms with E-state index in [4.69, 9.17) is 5.73 Å². The molecule has 2 aromatic rings. The molecule has 0 bridgehead atoms. The normalized spacial score (nSPS) is 10.9. The average molecular weight is 312 g/mol. The van der Waals surface area contributed by atoms with Gasteiger partial charge in [-0.1, -0.05) is 23.1 Å². The van der Waals surface area contributed by atoms with E-state index < -0.39 is 0 Å². The van der Waals surface area contributed by atoms with Crippen molar-refractivity contribution in [1.82, 2.24) is 25.3 Å². The van der Waals surface area contributed by atoms with Crippen LogP contribution in [0.2, 0.25) is 0 Å². The standard InChI is InChI=1S/C11H16N6OS2/c1-7(2)17-5-8(4-14-17)3-13-9(18)6-19-11-16-15-10(12)20-11/h4-5,7H,3,6H2,1-2H3,(H2,12,15)(H,13,18). The van der Waals surface area contributed by atoms with Crippen LogP contribution in [0.15, 0.2) is 16.7 Å². The third kappa shape index (κ3) is 4.20. The van der Waals surface area contributed by atoms with Gasteiger partial charge in [0.05, 0.1) is 11.9 Å². The minimum atomic E-state index is -0.0546. The molecule has 0 saturated heterocycles. The smallest absolute Gasteiger partial charge is 0.230 e. The molecule has 0 unspecified atom stereocenters. The van der Waals surface area contributed by atoms with Crippen molar-refractivity contribution in [3.05, 3.63) is 18.0 Å². The van der Waals surface area contributed by atoms with E-state index in [2.05, 4.69) is 34.5 Å². The Kier molecular flexibility index (Phi) is 4.96. The summed E-state index contributed by atoms with van der Waals surface area (Å²) in [4.78, 5) is 11.7.